The summed E-state index contributed by atoms with van der Waals surface area (Å²) in [4.78, 5) is 73.8. The number of aliphatic imine (C=N–C) groups is 1. The Bertz CT molecular complexity index is 2050. The number of β-lactam (4-membered cyclic amide) rings is 1. The molecule has 16 heteroatoms. The van der Waals surface area contributed by atoms with Crippen molar-refractivity contribution in [2.24, 2.45) is 22.2 Å². The summed E-state index contributed by atoms with van der Waals surface area (Å²) in [5, 5.41) is 11.1. The van der Waals surface area contributed by atoms with Gasteiger partial charge in [0.15, 0.2) is 5.96 Å². The predicted molar refractivity (Wildman–Crippen MR) is 221 cm³/mol. The van der Waals surface area contributed by atoms with Gasteiger partial charge in [0.05, 0.1) is 6.54 Å². The molecule has 1 heterocycles. The lowest BCUT2D eigenvalue weighted by atomic mass is 10.0. The Morgan fingerprint density at radius 3 is 2.03 bits per heavy atom. The number of nitrogens with zero attached hydrogens (tertiary/aromatic N) is 2. The van der Waals surface area contributed by atoms with Gasteiger partial charge in [0.2, 0.25) is 17.7 Å². The van der Waals surface area contributed by atoms with Crippen molar-refractivity contribution in [2.75, 3.05) is 24.5 Å². The number of unbranched alkanes of at least 4 members (excludes halogenated alkanes) is 1. The van der Waals surface area contributed by atoms with E-state index < -0.39 is 59.5 Å². The maximum atomic E-state index is 14.2. The van der Waals surface area contributed by atoms with E-state index in [4.69, 9.17) is 21.9 Å². The van der Waals surface area contributed by atoms with E-state index in [0.29, 0.717) is 55.0 Å². The molecule has 5 amide bonds. The van der Waals surface area contributed by atoms with Gasteiger partial charge in [0.25, 0.3) is 11.8 Å². The number of anilines is 1. The summed E-state index contributed by atoms with van der Waals surface area (Å²) in [6, 6.07) is 25.5. The molecular weight excluding hydrogens is 758 g/mol. The first kappa shape index (κ1) is 43.3. The molecule has 10 N–H and O–H groups in total. The Morgan fingerprint density at radius 2 is 1.39 bits per heavy atom. The van der Waals surface area contributed by atoms with Crippen LogP contribution in [0.4, 0.5) is 10.1 Å². The molecule has 59 heavy (non-hydrogen) atoms. The number of guanidine groups is 1. The standard InChI is InChI=1S/C43H50FN9O6/c44-31-18-20-32(21-19-31)53-26-36(42(53)58)51-41(57)37(29-16-22-33(23-17-29)59-27-28-10-3-1-4-11-28)52-40(56)34(14-7-8-24-45)50-39(55)35(15-9-25-48-43(46)47)49-38(54)30-12-5-2-6-13-30/h1-6,10-13,16-23,34-37H,7-9,14-15,24-27,45H2,(H,49,54)(H,50,55)(H,51,57)(H,52,56)(H4,46,47,48). The molecule has 1 aliphatic heterocycles. The number of carbonyl (C=O) groups is 5. The third kappa shape index (κ3) is 12.8. The molecule has 310 valence electrons. The second-order valence-corrected chi connectivity index (χ2v) is 14.0. The molecule has 0 aromatic heterocycles. The zero-order chi connectivity index (χ0) is 42.1. The highest BCUT2D eigenvalue weighted by Crippen LogP contribution is 2.25. The number of nitrogens with one attached hydrogen (secondary N) is 4. The fourth-order valence-electron chi connectivity index (χ4n) is 6.32. The summed E-state index contributed by atoms with van der Waals surface area (Å²) in [5.74, 6) is -2.93. The van der Waals surface area contributed by atoms with Crippen molar-refractivity contribution in [1.29, 1.82) is 0 Å². The minimum atomic E-state index is -1.31. The molecule has 5 rings (SSSR count). The van der Waals surface area contributed by atoms with Crippen molar-refractivity contribution in [3.8, 4) is 5.75 Å². The normalized spacial score (nSPS) is 14.8. The van der Waals surface area contributed by atoms with E-state index in [-0.39, 0.29) is 31.9 Å². The fourth-order valence-corrected chi connectivity index (χ4v) is 6.32. The number of halogens is 1. The van der Waals surface area contributed by atoms with Crippen LogP contribution in [-0.2, 0) is 25.8 Å². The van der Waals surface area contributed by atoms with Gasteiger partial charge in [0.1, 0.15) is 42.3 Å². The Kier molecular flexibility index (Phi) is 15.9. The number of amides is 5. The third-order valence-electron chi connectivity index (χ3n) is 9.58. The lowest BCUT2D eigenvalue weighted by Gasteiger charge is -2.39. The lowest BCUT2D eigenvalue weighted by molar-refractivity contribution is -0.135. The van der Waals surface area contributed by atoms with Crippen molar-refractivity contribution in [1.82, 2.24) is 21.3 Å². The van der Waals surface area contributed by atoms with Crippen LogP contribution in [-0.4, -0.2) is 73.3 Å². The molecule has 1 saturated heterocycles. The van der Waals surface area contributed by atoms with E-state index in [1.165, 1.54) is 29.2 Å². The first-order valence-corrected chi connectivity index (χ1v) is 19.4. The number of benzene rings is 4. The quantitative estimate of drug-likeness (QED) is 0.0283. The zero-order valence-corrected chi connectivity index (χ0v) is 32.5. The van der Waals surface area contributed by atoms with E-state index in [9.17, 15) is 28.4 Å². The number of carbonyl (C=O) groups excluding carboxylic acids is 5. The van der Waals surface area contributed by atoms with Crippen LogP contribution < -0.4 is 48.1 Å². The summed E-state index contributed by atoms with van der Waals surface area (Å²) < 4.78 is 19.4. The molecule has 4 aromatic carbocycles. The minimum absolute atomic E-state index is 0.115. The average Bonchev–Trinajstić information content (AvgIpc) is 3.25. The van der Waals surface area contributed by atoms with Gasteiger partial charge in [0, 0.05) is 17.8 Å². The third-order valence-corrected chi connectivity index (χ3v) is 9.58. The highest BCUT2D eigenvalue weighted by Gasteiger charge is 2.40. The molecule has 4 atom stereocenters. The molecule has 15 nitrogen and oxygen atoms in total. The van der Waals surface area contributed by atoms with Crippen molar-refractivity contribution < 1.29 is 33.1 Å². The Morgan fingerprint density at radius 1 is 0.763 bits per heavy atom. The maximum Gasteiger partial charge on any atom is 0.251 e. The minimum Gasteiger partial charge on any atom is -0.489 e. The van der Waals surface area contributed by atoms with Gasteiger partial charge in [-0.1, -0.05) is 60.7 Å². The van der Waals surface area contributed by atoms with Gasteiger partial charge < -0.3 is 48.1 Å². The maximum absolute atomic E-state index is 14.2. The van der Waals surface area contributed by atoms with Gasteiger partial charge in [-0.05, 0) is 98.3 Å². The van der Waals surface area contributed by atoms with Crippen LogP contribution in [0.1, 0.15) is 59.6 Å². The number of nitrogens with two attached hydrogens (primary N) is 3. The first-order valence-electron chi connectivity index (χ1n) is 19.4. The molecule has 0 aliphatic carbocycles. The highest BCUT2D eigenvalue weighted by atomic mass is 19.1. The van der Waals surface area contributed by atoms with E-state index in [2.05, 4.69) is 26.3 Å². The second-order valence-electron chi connectivity index (χ2n) is 14.0. The summed E-state index contributed by atoms with van der Waals surface area (Å²) in [6.45, 7) is 0.976. The van der Waals surface area contributed by atoms with Gasteiger partial charge in [-0.2, -0.15) is 0 Å². The molecule has 0 saturated carbocycles. The van der Waals surface area contributed by atoms with E-state index >= 15 is 0 Å². The van der Waals surface area contributed by atoms with Crippen LogP contribution in [0.5, 0.6) is 5.75 Å². The number of rotatable bonds is 21. The molecule has 4 unspecified atom stereocenters. The number of ether oxygens (including phenoxy) is 1. The van der Waals surface area contributed by atoms with E-state index in [1.807, 2.05) is 30.3 Å². The summed E-state index contributed by atoms with van der Waals surface area (Å²) >= 11 is 0. The van der Waals surface area contributed by atoms with Crippen LogP contribution in [0.3, 0.4) is 0 Å². The highest BCUT2D eigenvalue weighted by molar-refractivity contribution is 6.06. The summed E-state index contributed by atoms with van der Waals surface area (Å²) in [6.07, 6.45) is 1.65. The average molecular weight is 808 g/mol. The Balaban J connectivity index is 1.34. The van der Waals surface area contributed by atoms with E-state index in [0.717, 1.165) is 5.56 Å². The lowest BCUT2D eigenvalue weighted by Crippen LogP contribution is -2.65. The van der Waals surface area contributed by atoms with Crippen molar-refractivity contribution in [3.63, 3.8) is 0 Å². The molecular formula is C43H50FN9O6. The molecule has 0 radical (unpaired) electrons. The molecule has 0 bridgehead atoms. The van der Waals surface area contributed by atoms with Crippen molar-refractivity contribution in [3.05, 3.63) is 132 Å². The Labute approximate surface area is 341 Å². The second kappa shape index (κ2) is 21.6. The molecule has 0 spiro atoms. The zero-order valence-electron chi connectivity index (χ0n) is 32.5. The van der Waals surface area contributed by atoms with Crippen molar-refractivity contribution in [2.45, 2.75) is 62.9 Å². The topological polar surface area (TPSA) is 236 Å². The SMILES string of the molecule is NCCCCC(NC(=O)C(CCCN=C(N)N)NC(=O)c1ccccc1)C(=O)NC(C(=O)NC1CN(c2ccc(F)cc2)C1=O)c1ccc(OCc2ccccc2)cc1. The summed E-state index contributed by atoms with van der Waals surface area (Å²) in [7, 11) is 0. The smallest absolute Gasteiger partial charge is 0.251 e. The summed E-state index contributed by atoms with van der Waals surface area (Å²) in [5.41, 5.74) is 18.8. The van der Waals surface area contributed by atoms with E-state index in [1.54, 1.807) is 54.6 Å². The Hall–Kier alpha value is -6.81. The predicted octanol–water partition coefficient (Wildman–Crippen LogP) is 2.56. The largest absolute Gasteiger partial charge is 0.489 e. The van der Waals surface area contributed by atoms with Crippen LogP contribution in [0.25, 0.3) is 0 Å². The van der Waals surface area contributed by atoms with Gasteiger partial charge in [-0.15, -0.1) is 0 Å². The van der Waals surface area contributed by atoms with Gasteiger partial charge >= 0.3 is 0 Å². The monoisotopic (exact) mass is 807 g/mol. The number of hydrogen-bond acceptors (Lipinski definition) is 8. The van der Waals surface area contributed by atoms with Crippen LogP contribution in [0.15, 0.2) is 114 Å². The molecule has 4 aromatic rings. The van der Waals surface area contributed by atoms with Crippen LogP contribution in [0.2, 0.25) is 0 Å². The molecule has 1 aliphatic rings. The first-order chi connectivity index (χ1) is 28.5. The van der Waals surface area contributed by atoms with Gasteiger partial charge in [-0.3, -0.25) is 29.0 Å². The van der Waals surface area contributed by atoms with Crippen LogP contribution in [0, 0.1) is 5.82 Å². The number of hydrogen-bond donors (Lipinski definition) is 7. The van der Waals surface area contributed by atoms with Gasteiger partial charge in [-0.25, -0.2) is 4.39 Å². The van der Waals surface area contributed by atoms with Crippen LogP contribution >= 0.6 is 0 Å². The molecule has 1 fully saturated rings. The fraction of sp³-hybridized carbons (Fsp3) is 0.302. The van der Waals surface area contributed by atoms with Crippen molar-refractivity contribution >= 4 is 41.2 Å².